The maximum absolute atomic E-state index is 12.6. The second-order valence-corrected chi connectivity index (χ2v) is 3.82. The Bertz CT molecular complexity index is 254. The number of rotatable bonds is 1. The van der Waals surface area contributed by atoms with Crippen molar-refractivity contribution in [3.05, 3.63) is 35.6 Å². The molecule has 1 aliphatic heterocycles. The molecule has 1 saturated heterocycles. The summed E-state index contributed by atoms with van der Waals surface area (Å²) >= 11 is 1.74. The highest BCUT2D eigenvalue weighted by molar-refractivity contribution is 7.97. The molecule has 1 heterocycles. The van der Waals surface area contributed by atoms with Gasteiger partial charge in [0.05, 0.1) is 0 Å². The van der Waals surface area contributed by atoms with Crippen LogP contribution in [0.4, 0.5) is 4.39 Å². The van der Waals surface area contributed by atoms with Crippen LogP contribution < -0.4 is 4.72 Å². The summed E-state index contributed by atoms with van der Waals surface area (Å²) in [4.78, 5) is 0. The predicted molar refractivity (Wildman–Crippen MR) is 49.6 cm³/mol. The fourth-order valence-electron chi connectivity index (χ4n) is 1.33. The second kappa shape index (κ2) is 3.46. The van der Waals surface area contributed by atoms with Crippen LogP contribution in [0.3, 0.4) is 0 Å². The van der Waals surface area contributed by atoms with Crippen molar-refractivity contribution in [2.75, 3.05) is 12.3 Å². The van der Waals surface area contributed by atoms with E-state index in [0.29, 0.717) is 5.92 Å². The molecule has 0 bridgehead atoms. The summed E-state index contributed by atoms with van der Waals surface area (Å²) in [5, 5.41) is 0. The van der Waals surface area contributed by atoms with Crippen molar-refractivity contribution in [2.24, 2.45) is 0 Å². The van der Waals surface area contributed by atoms with Gasteiger partial charge in [-0.3, -0.25) is 4.72 Å². The van der Waals surface area contributed by atoms with Crippen LogP contribution in [0.1, 0.15) is 11.5 Å². The number of nitrogens with one attached hydrogen (secondary N) is 1. The third kappa shape index (κ3) is 1.62. The van der Waals surface area contributed by atoms with Crippen LogP contribution in [-0.2, 0) is 0 Å². The third-order valence-corrected chi connectivity index (χ3v) is 3.00. The van der Waals surface area contributed by atoms with E-state index in [1.165, 1.54) is 17.7 Å². The van der Waals surface area contributed by atoms with Crippen LogP contribution in [0.15, 0.2) is 24.3 Å². The summed E-state index contributed by atoms with van der Waals surface area (Å²) in [5.74, 6) is 1.49. The topological polar surface area (TPSA) is 12.0 Å². The van der Waals surface area contributed by atoms with Gasteiger partial charge in [-0.15, -0.1) is 0 Å². The van der Waals surface area contributed by atoms with Gasteiger partial charge in [0, 0.05) is 18.2 Å². The molecule has 1 N–H and O–H groups in total. The van der Waals surface area contributed by atoms with Gasteiger partial charge in [-0.25, -0.2) is 4.39 Å². The molecule has 0 saturated carbocycles. The van der Waals surface area contributed by atoms with Crippen LogP contribution in [0, 0.1) is 5.82 Å². The zero-order chi connectivity index (χ0) is 8.39. The molecule has 12 heavy (non-hydrogen) atoms. The minimum absolute atomic E-state index is 0.155. The quantitative estimate of drug-likeness (QED) is 0.670. The molecule has 1 aliphatic rings. The van der Waals surface area contributed by atoms with Crippen molar-refractivity contribution < 1.29 is 4.39 Å². The average molecular weight is 183 g/mol. The van der Waals surface area contributed by atoms with Gasteiger partial charge in [0.15, 0.2) is 0 Å². The first-order valence-electron chi connectivity index (χ1n) is 3.96. The van der Waals surface area contributed by atoms with Gasteiger partial charge in [0.1, 0.15) is 5.82 Å². The molecule has 0 spiro atoms. The lowest BCUT2D eigenvalue weighted by Crippen LogP contribution is -2.05. The number of benzene rings is 1. The van der Waals surface area contributed by atoms with E-state index in [4.69, 9.17) is 0 Å². The number of hydrogen-bond donors (Lipinski definition) is 1. The zero-order valence-electron chi connectivity index (χ0n) is 6.59. The van der Waals surface area contributed by atoms with Crippen LogP contribution >= 0.6 is 11.9 Å². The Balaban J connectivity index is 2.17. The van der Waals surface area contributed by atoms with Gasteiger partial charge in [-0.1, -0.05) is 24.1 Å². The highest BCUT2D eigenvalue weighted by atomic mass is 32.2. The Hall–Kier alpha value is -0.540. The molecule has 1 fully saturated rings. The minimum Gasteiger partial charge on any atom is -0.263 e. The summed E-state index contributed by atoms with van der Waals surface area (Å²) in [5.41, 5.74) is 1.23. The molecular formula is C9H10FNS. The van der Waals surface area contributed by atoms with Gasteiger partial charge in [-0.2, -0.15) is 0 Å². The molecule has 3 heteroatoms. The van der Waals surface area contributed by atoms with Crippen molar-refractivity contribution in [1.82, 2.24) is 4.72 Å². The van der Waals surface area contributed by atoms with Crippen molar-refractivity contribution in [2.45, 2.75) is 5.92 Å². The van der Waals surface area contributed by atoms with Crippen molar-refractivity contribution in [1.29, 1.82) is 0 Å². The lowest BCUT2D eigenvalue weighted by atomic mass is 10.0. The summed E-state index contributed by atoms with van der Waals surface area (Å²) in [6.07, 6.45) is 0. The molecule has 1 nitrogen and oxygen atoms in total. The first-order chi connectivity index (χ1) is 5.86. The van der Waals surface area contributed by atoms with Crippen molar-refractivity contribution in [3.63, 3.8) is 0 Å². The summed E-state index contributed by atoms with van der Waals surface area (Å²) in [6, 6.07) is 6.79. The molecule has 0 aromatic heterocycles. The molecule has 0 radical (unpaired) electrons. The standard InChI is InChI=1S/C9H10FNS/c10-9-3-1-7(2-4-9)8-5-11-12-6-8/h1-4,8,11H,5-6H2. The van der Waals surface area contributed by atoms with Crippen LogP contribution in [0.5, 0.6) is 0 Å². The lowest BCUT2D eigenvalue weighted by Gasteiger charge is -2.06. The van der Waals surface area contributed by atoms with Gasteiger partial charge in [0.2, 0.25) is 0 Å². The van der Waals surface area contributed by atoms with Crippen LogP contribution in [-0.4, -0.2) is 12.3 Å². The van der Waals surface area contributed by atoms with Crippen molar-refractivity contribution >= 4 is 11.9 Å². The van der Waals surface area contributed by atoms with E-state index in [1.807, 2.05) is 12.1 Å². The molecule has 1 aromatic carbocycles. The molecular weight excluding hydrogens is 173 g/mol. The molecule has 0 aliphatic carbocycles. The Labute approximate surface area is 75.5 Å². The fourth-order valence-corrected chi connectivity index (χ4v) is 2.28. The Kier molecular flexibility index (Phi) is 2.33. The Morgan fingerprint density at radius 3 is 2.67 bits per heavy atom. The van der Waals surface area contributed by atoms with Gasteiger partial charge >= 0.3 is 0 Å². The number of hydrogen-bond acceptors (Lipinski definition) is 2. The highest BCUT2D eigenvalue weighted by Crippen LogP contribution is 2.24. The average Bonchev–Trinajstić information content (AvgIpc) is 2.58. The maximum Gasteiger partial charge on any atom is 0.123 e. The largest absolute Gasteiger partial charge is 0.263 e. The molecule has 2 rings (SSSR count). The summed E-state index contributed by atoms with van der Waals surface area (Å²) in [7, 11) is 0. The second-order valence-electron chi connectivity index (χ2n) is 2.91. The van der Waals surface area contributed by atoms with E-state index in [0.717, 1.165) is 12.3 Å². The molecule has 1 unspecified atom stereocenters. The highest BCUT2D eigenvalue weighted by Gasteiger charge is 2.16. The summed E-state index contributed by atoms with van der Waals surface area (Å²) in [6.45, 7) is 0.996. The lowest BCUT2D eigenvalue weighted by molar-refractivity contribution is 0.626. The van der Waals surface area contributed by atoms with E-state index in [2.05, 4.69) is 4.72 Å². The fraction of sp³-hybridized carbons (Fsp3) is 0.333. The summed E-state index contributed by atoms with van der Waals surface area (Å²) < 4.78 is 15.8. The Morgan fingerprint density at radius 2 is 2.08 bits per heavy atom. The number of halogens is 1. The third-order valence-electron chi connectivity index (χ3n) is 2.06. The first kappa shape index (κ1) is 8.08. The van der Waals surface area contributed by atoms with E-state index >= 15 is 0 Å². The van der Waals surface area contributed by atoms with Gasteiger partial charge in [-0.05, 0) is 17.7 Å². The predicted octanol–water partition coefficient (Wildman–Crippen LogP) is 2.16. The zero-order valence-corrected chi connectivity index (χ0v) is 7.40. The molecule has 0 amide bonds. The van der Waals surface area contributed by atoms with Crippen LogP contribution in [0.2, 0.25) is 0 Å². The first-order valence-corrected chi connectivity index (χ1v) is 4.95. The van der Waals surface area contributed by atoms with Crippen LogP contribution in [0.25, 0.3) is 0 Å². The Morgan fingerprint density at radius 1 is 1.33 bits per heavy atom. The maximum atomic E-state index is 12.6. The van der Waals surface area contributed by atoms with E-state index in [9.17, 15) is 4.39 Å². The SMILES string of the molecule is Fc1ccc(C2CNSC2)cc1. The van der Waals surface area contributed by atoms with Crippen molar-refractivity contribution in [3.8, 4) is 0 Å². The smallest absolute Gasteiger partial charge is 0.123 e. The monoisotopic (exact) mass is 183 g/mol. The van der Waals surface area contributed by atoms with Gasteiger partial charge in [0.25, 0.3) is 0 Å². The molecule has 64 valence electrons. The minimum atomic E-state index is -0.155. The van der Waals surface area contributed by atoms with Gasteiger partial charge < -0.3 is 0 Å². The molecule has 1 atom stereocenters. The normalized spacial score (nSPS) is 22.9. The van der Waals surface area contributed by atoms with E-state index in [1.54, 1.807) is 11.9 Å². The van der Waals surface area contributed by atoms with E-state index in [-0.39, 0.29) is 5.82 Å². The molecule has 1 aromatic rings. The van der Waals surface area contributed by atoms with E-state index < -0.39 is 0 Å².